The van der Waals surface area contributed by atoms with Crippen LogP contribution in [-0.4, -0.2) is 124 Å². The zero-order valence-electron chi connectivity index (χ0n) is 28.7. The van der Waals surface area contributed by atoms with E-state index in [0.717, 1.165) is 6.08 Å². The third-order valence-electron chi connectivity index (χ3n) is 9.12. The number of ketones is 3. The Morgan fingerprint density at radius 1 is 1.06 bits per heavy atom. The molecule has 1 fully saturated rings. The zero-order valence-corrected chi connectivity index (χ0v) is 30.3. The molecule has 6 atom stereocenters. The SMILES string of the molecule is C=CC(=O)OCCSSCCOC(=O)NC1CC(O[C@@H]2C[C@@](O)(C(=O)CO)Cc3c(O)c4c(c(O)c32)C(=O)c2c(OC)cccc2C4=O)OC(C)C1O. The number of fused-ring (bicyclic) bond motifs is 3. The van der Waals surface area contributed by atoms with E-state index in [2.05, 4.69) is 11.9 Å². The summed E-state index contributed by atoms with van der Waals surface area (Å²) in [7, 11) is 4.10. The van der Waals surface area contributed by atoms with Crippen LogP contribution >= 0.6 is 21.6 Å². The first-order chi connectivity index (χ1) is 25.3. The number of phenolic OH excluding ortho intramolecular Hbond substituents is 2. The monoisotopic (exact) mass is 777 g/mol. The molecule has 16 nitrogen and oxygen atoms in total. The Morgan fingerprint density at radius 3 is 2.40 bits per heavy atom. The predicted octanol–water partition coefficient (Wildman–Crippen LogP) is 1.88. The number of ether oxygens (including phenoxy) is 5. The van der Waals surface area contributed by atoms with E-state index in [0.29, 0.717) is 11.5 Å². The number of phenols is 2. The molecule has 4 unspecified atom stereocenters. The van der Waals surface area contributed by atoms with Gasteiger partial charge < -0.3 is 54.5 Å². The van der Waals surface area contributed by atoms with Crippen LogP contribution < -0.4 is 10.1 Å². The van der Waals surface area contributed by atoms with E-state index in [1.165, 1.54) is 53.8 Å². The molecule has 2 aromatic rings. The molecule has 0 bridgehead atoms. The van der Waals surface area contributed by atoms with Gasteiger partial charge in [-0.1, -0.05) is 40.3 Å². The lowest BCUT2D eigenvalue weighted by molar-refractivity contribution is -0.249. The average Bonchev–Trinajstić information content (AvgIpc) is 3.13. The number of rotatable bonds is 14. The lowest BCUT2D eigenvalue weighted by Crippen LogP contribution is -2.56. The van der Waals surface area contributed by atoms with Gasteiger partial charge in [0.05, 0.1) is 42.0 Å². The predicted molar refractivity (Wildman–Crippen MR) is 188 cm³/mol. The Kier molecular flexibility index (Phi) is 12.7. The van der Waals surface area contributed by atoms with Crippen molar-refractivity contribution >= 4 is 51.0 Å². The van der Waals surface area contributed by atoms with Gasteiger partial charge in [-0.05, 0) is 13.0 Å². The van der Waals surface area contributed by atoms with Crippen molar-refractivity contribution < 1.29 is 73.2 Å². The van der Waals surface area contributed by atoms with Gasteiger partial charge in [-0.25, -0.2) is 9.59 Å². The molecule has 5 rings (SSSR count). The number of carbonyl (C=O) groups excluding carboxylic acids is 5. The number of aliphatic hydroxyl groups excluding tert-OH is 2. The number of benzene rings is 2. The van der Waals surface area contributed by atoms with E-state index in [1.807, 2.05) is 0 Å². The van der Waals surface area contributed by atoms with Crippen molar-refractivity contribution in [2.45, 2.75) is 62.4 Å². The van der Waals surface area contributed by atoms with Gasteiger partial charge in [0, 0.05) is 53.5 Å². The highest BCUT2D eigenvalue weighted by atomic mass is 33.1. The summed E-state index contributed by atoms with van der Waals surface area (Å²) in [5.41, 5.74) is -4.10. The van der Waals surface area contributed by atoms with Crippen LogP contribution in [0.1, 0.15) is 68.8 Å². The molecular formula is C35H39NO15S2. The molecule has 1 saturated heterocycles. The number of esters is 1. The van der Waals surface area contributed by atoms with Crippen molar-refractivity contribution in [2.24, 2.45) is 0 Å². The number of Topliss-reactive ketones (excluding diaryl/α,β-unsaturated/α-hetero) is 1. The molecule has 0 radical (unpaired) electrons. The lowest BCUT2D eigenvalue weighted by atomic mass is 9.72. The highest BCUT2D eigenvalue weighted by Gasteiger charge is 2.50. The van der Waals surface area contributed by atoms with E-state index in [1.54, 1.807) is 0 Å². The fourth-order valence-corrected chi connectivity index (χ4v) is 8.23. The van der Waals surface area contributed by atoms with Crippen LogP contribution in [-0.2, 0) is 35.0 Å². The van der Waals surface area contributed by atoms with E-state index < -0.39 is 108 Å². The van der Waals surface area contributed by atoms with Crippen LogP contribution in [0.3, 0.4) is 0 Å². The van der Waals surface area contributed by atoms with E-state index in [4.69, 9.17) is 23.7 Å². The van der Waals surface area contributed by atoms with Crippen molar-refractivity contribution in [2.75, 3.05) is 38.4 Å². The third kappa shape index (κ3) is 8.18. The summed E-state index contributed by atoms with van der Waals surface area (Å²) in [6, 6.07) is 3.31. The number of amides is 1. The lowest BCUT2D eigenvalue weighted by Gasteiger charge is -2.42. The van der Waals surface area contributed by atoms with Gasteiger partial charge in [-0.15, -0.1) is 0 Å². The third-order valence-corrected chi connectivity index (χ3v) is 11.5. The standard InChI is InChI=1S/C35H39NO15S2/c1-4-23(39)48-8-10-52-53-11-9-49-34(45)36-19-12-24(50-16(2)29(19)40)51-21-14-35(46,22(38)15-37)13-18-26(21)33(44)28-27(31(18)42)30(41)17-6-5-7-20(47-3)25(17)32(28)43/h4-7,16,19,21,24,29,37,40,42,44,46H,1,8-15H2,2-3H3,(H,36,45)/t16?,19?,21-,24?,29?,35-/m1/s1. The normalized spacial score (nSPS) is 24.7. The smallest absolute Gasteiger partial charge is 0.407 e. The maximum Gasteiger partial charge on any atom is 0.407 e. The fourth-order valence-electron chi connectivity index (χ4n) is 6.57. The maximum atomic E-state index is 13.9. The van der Waals surface area contributed by atoms with E-state index >= 15 is 0 Å². The topological polar surface area (TPSA) is 245 Å². The number of aromatic hydroxyl groups is 2. The summed E-state index contributed by atoms with van der Waals surface area (Å²) < 4.78 is 27.4. The molecule has 1 amide bonds. The van der Waals surface area contributed by atoms with Crippen molar-refractivity contribution in [1.82, 2.24) is 5.32 Å². The van der Waals surface area contributed by atoms with Crippen LogP contribution in [0.25, 0.3) is 0 Å². The number of methoxy groups -OCH3 is 1. The second kappa shape index (κ2) is 16.9. The zero-order chi connectivity index (χ0) is 38.6. The highest BCUT2D eigenvalue weighted by Crippen LogP contribution is 2.52. The maximum absolute atomic E-state index is 13.9. The quantitative estimate of drug-likeness (QED) is 0.0450. The summed E-state index contributed by atoms with van der Waals surface area (Å²) >= 11 is 0. The molecule has 2 aliphatic carbocycles. The first kappa shape index (κ1) is 40.0. The Morgan fingerprint density at radius 2 is 1.74 bits per heavy atom. The summed E-state index contributed by atoms with van der Waals surface area (Å²) in [5.74, 6) is -3.71. The van der Waals surface area contributed by atoms with E-state index in [-0.39, 0.29) is 47.6 Å². The Labute approximate surface area is 311 Å². The Hall–Kier alpha value is -4.17. The molecule has 0 spiro atoms. The van der Waals surface area contributed by atoms with Crippen LogP contribution in [0.5, 0.6) is 17.2 Å². The first-order valence-corrected chi connectivity index (χ1v) is 18.9. The van der Waals surface area contributed by atoms with Gasteiger partial charge in [-0.2, -0.15) is 0 Å². The molecule has 0 aromatic heterocycles. The van der Waals surface area contributed by atoms with Gasteiger partial charge in [0.25, 0.3) is 0 Å². The van der Waals surface area contributed by atoms with Gasteiger partial charge in [0.1, 0.15) is 48.8 Å². The minimum absolute atomic E-state index is 0.0196. The Bertz CT molecular complexity index is 1800. The van der Waals surface area contributed by atoms with Crippen molar-refractivity contribution in [1.29, 1.82) is 0 Å². The van der Waals surface area contributed by atoms with Gasteiger partial charge in [0.2, 0.25) is 5.78 Å². The Balaban J connectivity index is 1.35. The first-order valence-electron chi connectivity index (χ1n) is 16.5. The molecular weight excluding hydrogens is 739 g/mol. The molecule has 2 aromatic carbocycles. The van der Waals surface area contributed by atoms with Crippen molar-refractivity contribution in [3.63, 3.8) is 0 Å². The number of nitrogens with one attached hydrogen (secondary N) is 1. The second-order valence-electron chi connectivity index (χ2n) is 12.4. The van der Waals surface area contributed by atoms with E-state index in [9.17, 15) is 49.5 Å². The second-order valence-corrected chi connectivity index (χ2v) is 15.1. The van der Waals surface area contributed by atoms with Gasteiger partial charge >= 0.3 is 12.1 Å². The number of hydrogen-bond acceptors (Lipinski definition) is 17. The number of carbonyl (C=O) groups is 5. The number of hydrogen-bond donors (Lipinski definition) is 6. The summed E-state index contributed by atoms with van der Waals surface area (Å²) in [5, 5.41) is 57.8. The van der Waals surface area contributed by atoms with Crippen LogP contribution in [0.2, 0.25) is 0 Å². The fraction of sp³-hybridized carbons (Fsp3) is 0.457. The molecule has 6 N–H and O–H groups in total. The molecule has 286 valence electrons. The van der Waals surface area contributed by atoms with Gasteiger partial charge in [-0.3, -0.25) is 14.4 Å². The number of alkyl carbamates (subject to hydrolysis) is 1. The van der Waals surface area contributed by atoms with Gasteiger partial charge in [0.15, 0.2) is 17.9 Å². The molecule has 1 aliphatic heterocycles. The highest BCUT2D eigenvalue weighted by molar-refractivity contribution is 8.76. The minimum atomic E-state index is -2.35. The number of aliphatic hydroxyl groups is 3. The molecule has 53 heavy (non-hydrogen) atoms. The molecule has 0 saturated carbocycles. The molecule has 18 heteroatoms. The minimum Gasteiger partial charge on any atom is -0.507 e. The molecule has 3 aliphatic rings. The van der Waals surface area contributed by atoms with Crippen LogP contribution in [0.15, 0.2) is 30.9 Å². The van der Waals surface area contributed by atoms with Crippen LogP contribution in [0.4, 0.5) is 4.79 Å². The summed E-state index contributed by atoms with van der Waals surface area (Å²) in [6.45, 7) is 3.96. The van der Waals surface area contributed by atoms with Crippen molar-refractivity contribution in [3.8, 4) is 17.2 Å². The van der Waals surface area contributed by atoms with Crippen LogP contribution in [0, 0.1) is 0 Å². The average molecular weight is 778 g/mol. The summed E-state index contributed by atoms with van der Waals surface area (Å²) in [4.78, 5) is 64.2. The molecule has 1 heterocycles. The largest absolute Gasteiger partial charge is 0.507 e. The summed E-state index contributed by atoms with van der Waals surface area (Å²) in [6.07, 6.45) is -6.08. The van der Waals surface area contributed by atoms with Crippen molar-refractivity contribution in [3.05, 3.63) is 64.2 Å².